The van der Waals surface area contributed by atoms with Gasteiger partial charge in [-0.1, -0.05) is 13.8 Å². The lowest BCUT2D eigenvalue weighted by molar-refractivity contribution is 0.161. The molecule has 29 heavy (non-hydrogen) atoms. The highest BCUT2D eigenvalue weighted by Gasteiger charge is 2.37. The predicted molar refractivity (Wildman–Crippen MR) is 113 cm³/mol. The molecule has 2 N–H and O–H groups in total. The summed E-state index contributed by atoms with van der Waals surface area (Å²) in [5.74, 6) is 0.504. The van der Waals surface area contributed by atoms with Crippen LogP contribution in [-0.4, -0.2) is 17.3 Å². The number of carbonyl (C=O) groups is 1. The van der Waals surface area contributed by atoms with Crippen molar-refractivity contribution in [2.75, 3.05) is 0 Å². The second-order valence-corrected chi connectivity index (χ2v) is 9.01. The summed E-state index contributed by atoms with van der Waals surface area (Å²) in [5, 5.41) is 11.9. The molecule has 2 aromatic rings. The Morgan fingerprint density at radius 1 is 1.21 bits per heavy atom. The van der Waals surface area contributed by atoms with Crippen LogP contribution in [0, 0.1) is 25.1 Å². The molecule has 0 fully saturated rings. The number of nitrogens with one attached hydrogen (secondary N) is 1. The van der Waals surface area contributed by atoms with Crippen LogP contribution in [0.4, 0.5) is 9.18 Å². The molecule has 5 heteroatoms. The van der Waals surface area contributed by atoms with Crippen molar-refractivity contribution in [1.29, 1.82) is 0 Å². The monoisotopic (exact) mass is 399 g/mol. The van der Waals surface area contributed by atoms with Crippen molar-refractivity contribution < 1.29 is 19.0 Å². The zero-order valence-electron chi connectivity index (χ0n) is 18.0. The van der Waals surface area contributed by atoms with E-state index in [-0.39, 0.29) is 17.3 Å². The number of hydrogen-bond donors (Lipinski definition) is 2. The first-order valence-corrected chi connectivity index (χ1v) is 10.1. The molecule has 156 valence electrons. The summed E-state index contributed by atoms with van der Waals surface area (Å²) in [4.78, 5) is 11.3. The van der Waals surface area contributed by atoms with Gasteiger partial charge < -0.3 is 15.2 Å². The first-order chi connectivity index (χ1) is 13.5. The molecule has 0 saturated carbocycles. The van der Waals surface area contributed by atoms with Crippen LogP contribution in [0.15, 0.2) is 24.3 Å². The van der Waals surface area contributed by atoms with Gasteiger partial charge in [-0.15, -0.1) is 0 Å². The summed E-state index contributed by atoms with van der Waals surface area (Å²) in [6.45, 7) is 11.9. The maximum Gasteiger partial charge on any atom is 0.405 e. The van der Waals surface area contributed by atoms with Gasteiger partial charge in [-0.2, -0.15) is 0 Å². The number of carboxylic acid groups (broad SMARTS) is 1. The van der Waals surface area contributed by atoms with Crippen LogP contribution < -0.4 is 10.1 Å². The lowest BCUT2D eigenvalue weighted by Gasteiger charge is -2.40. The van der Waals surface area contributed by atoms with Crippen molar-refractivity contribution in [3.05, 3.63) is 52.3 Å². The molecular formula is C24H30FNO3. The third-order valence-electron chi connectivity index (χ3n) is 5.75. The van der Waals surface area contributed by atoms with Gasteiger partial charge in [0.25, 0.3) is 0 Å². The van der Waals surface area contributed by atoms with Crippen LogP contribution in [0.3, 0.4) is 0 Å². The lowest BCUT2D eigenvalue weighted by Crippen LogP contribution is -2.40. The molecule has 0 bridgehead atoms. The second kappa shape index (κ2) is 7.69. The summed E-state index contributed by atoms with van der Waals surface area (Å²) >= 11 is 0. The van der Waals surface area contributed by atoms with E-state index in [0.717, 1.165) is 46.4 Å². The molecule has 0 saturated heterocycles. The molecule has 0 heterocycles. The van der Waals surface area contributed by atoms with Crippen molar-refractivity contribution in [3.63, 3.8) is 0 Å². The molecule has 1 aliphatic carbocycles. The Bertz CT molecular complexity index is 926. The largest absolute Gasteiger partial charge is 0.490 e. The fraction of sp³-hybridized carbons (Fsp3) is 0.458. The number of halogens is 1. The van der Waals surface area contributed by atoms with E-state index in [1.54, 1.807) is 0 Å². The predicted octanol–water partition coefficient (Wildman–Crippen LogP) is 6.18. The highest BCUT2D eigenvalue weighted by atomic mass is 19.1. The van der Waals surface area contributed by atoms with Gasteiger partial charge in [-0.25, -0.2) is 9.18 Å². The fourth-order valence-corrected chi connectivity index (χ4v) is 4.29. The SMILES string of the molecule is Cc1cc(-c2cc3c(cc2F)[C@H](NC(=O)O)C(C)(C)CC3)cc(C)c1OC(C)C. The summed E-state index contributed by atoms with van der Waals surface area (Å²) in [6.07, 6.45) is 0.600. The quantitative estimate of drug-likeness (QED) is 0.645. The van der Waals surface area contributed by atoms with Gasteiger partial charge in [-0.3, -0.25) is 0 Å². The third kappa shape index (κ3) is 4.24. The molecular weight excluding hydrogens is 369 g/mol. The highest BCUT2D eigenvalue weighted by molar-refractivity contribution is 5.70. The van der Waals surface area contributed by atoms with Gasteiger partial charge in [-0.05, 0) is 98.0 Å². The molecule has 2 aromatic carbocycles. The molecule has 0 aliphatic heterocycles. The van der Waals surface area contributed by atoms with Gasteiger partial charge in [0.15, 0.2) is 0 Å². The van der Waals surface area contributed by atoms with Crippen molar-refractivity contribution in [3.8, 4) is 16.9 Å². The Labute approximate surface area is 172 Å². The molecule has 4 nitrogen and oxygen atoms in total. The minimum Gasteiger partial charge on any atom is -0.490 e. The fourth-order valence-electron chi connectivity index (χ4n) is 4.29. The Hall–Kier alpha value is -2.56. The topological polar surface area (TPSA) is 58.6 Å². The minimum absolute atomic E-state index is 0.0701. The van der Waals surface area contributed by atoms with Crippen LogP contribution >= 0.6 is 0 Å². The first kappa shape index (κ1) is 21.2. The normalized spacial score (nSPS) is 17.7. The van der Waals surface area contributed by atoms with Gasteiger partial charge >= 0.3 is 6.09 Å². The van der Waals surface area contributed by atoms with Crippen molar-refractivity contribution in [2.24, 2.45) is 5.41 Å². The zero-order valence-corrected chi connectivity index (χ0v) is 18.0. The molecule has 3 rings (SSSR count). The number of ether oxygens (including phenoxy) is 1. The smallest absolute Gasteiger partial charge is 0.405 e. The average Bonchev–Trinajstić information content (AvgIpc) is 2.60. The summed E-state index contributed by atoms with van der Waals surface area (Å²) in [7, 11) is 0. The average molecular weight is 400 g/mol. The van der Waals surface area contributed by atoms with Gasteiger partial charge in [0, 0.05) is 5.56 Å². The van der Waals surface area contributed by atoms with E-state index < -0.39 is 12.1 Å². The van der Waals surface area contributed by atoms with Crippen LogP contribution in [0.2, 0.25) is 0 Å². The molecule has 0 spiro atoms. The maximum absolute atomic E-state index is 15.2. The Kier molecular flexibility index (Phi) is 5.61. The van der Waals surface area contributed by atoms with Gasteiger partial charge in [0.2, 0.25) is 0 Å². The van der Waals surface area contributed by atoms with E-state index in [0.29, 0.717) is 5.56 Å². The van der Waals surface area contributed by atoms with Crippen molar-refractivity contribution in [1.82, 2.24) is 5.32 Å². The van der Waals surface area contributed by atoms with Crippen molar-refractivity contribution >= 4 is 6.09 Å². The molecule has 1 atom stereocenters. The highest BCUT2D eigenvalue weighted by Crippen LogP contribution is 2.45. The van der Waals surface area contributed by atoms with E-state index in [1.807, 2.05) is 59.7 Å². The first-order valence-electron chi connectivity index (χ1n) is 10.1. The molecule has 1 aliphatic rings. The van der Waals surface area contributed by atoms with Gasteiger partial charge in [0.05, 0.1) is 12.1 Å². The number of rotatable bonds is 4. The maximum atomic E-state index is 15.2. The minimum atomic E-state index is -1.09. The van der Waals surface area contributed by atoms with Crippen LogP contribution in [0.1, 0.15) is 62.4 Å². The molecule has 0 unspecified atom stereocenters. The number of hydrogen-bond acceptors (Lipinski definition) is 2. The van der Waals surface area contributed by atoms with Crippen molar-refractivity contribution in [2.45, 2.75) is 66.5 Å². The van der Waals surface area contributed by atoms with Crippen LogP contribution in [-0.2, 0) is 6.42 Å². The standard InChI is InChI=1S/C24H30FNO3/c1-13(2)29-21-14(3)9-17(10-15(21)4)18-11-16-7-8-24(5,6)22(26-23(27)28)19(16)12-20(18)25/h9-13,22,26H,7-8H2,1-6H3,(H,27,28)/t22-/m0/s1. The Morgan fingerprint density at radius 3 is 2.38 bits per heavy atom. The van der Waals surface area contributed by atoms with E-state index in [2.05, 4.69) is 5.32 Å². The molecule has 0 radical (unpaired) electrons. The zero-order chi connectivity index (χ0) is 21.5. The number of aryl methyl sites for hydroxylation is 3. The van der Waals surface area contributed by atoms with Crippen LogP contribution in [0.5, 0.6) is 5.75 Å². The third-order valence-corrected chi connectivity index (χ3v) is 5.75. The van der Waals surface area contributed by atoms with Crippen LogP contribution in [0.25, 0.3) is 11.1 Å². The van der Waals surface area contributed by atoms with E-state index in [1.165, 1.54) is 6.07 Å². The summed E-state index contributed by atoms with van der Waals surface area (Å²) in [5.41, 5.74) is 4.75. The molecule has 1 amide bonds. The summed E-state index contributed by atoms with van der Waals surface area (Å²) in [6, 6.07) is 6.87. The molecule has 0 aromatic heterocycles. The number of fused-ring (bicyclic) bond motifs is 1. The van der Waals surface area contributed by atoms with E-state index in [9.17, 15) is 9.90 Å². The Balaban J connectivity index is 2.07. The summed E-state index contributed by atoms with van der Waals surface area (Å²) < 4.78 is 21.1. The van der Waals surface area contributed by atoms with E-state index >= 15 is 4.39 Å². The number of amides is 1. The number of benzene rings is 2. The Morgan fingerprint density at radius 2 is 1.83 bits per heavy atom. The van der Waals surface area contributed by atoms with Gasteiger partial charge in [0.1, 0.15) is 11.6 Å². The van der Waals surface area contributed by atoms with E-state index in [4.69, 9.17) is 4.74 Å². The lowest BCUT2D eigenvalue weighted by atomic mass is 9.70. The second-order valence-electron chi connectivity index (χ2n) is 9.01.